The Kier molecular flexibility index (Phi) is 4.14. The molecule has 0 fully saturated rings. The van der Waals surface area contributed by atoms with E-state index in [0.29, 0.717) is 17.3 Å². The molecule has 6 nitrogen and oxygen atoms in total. The summed E-state index contributed by atoms with van der Waals surface area (Å²) < 4.78 is 5.24. The van der Waals surface area contributed by atoms with E-state index in [0.717, 1.165) is 5.56 Å². The molecule has 116 valence electrons. The number of carbonyl (C=O) groups excluding carboxylic acids is 1. The molecule has 0 saturated carbocycles. The van der Waals surface area contributed by atoms with E-state index in [1.165, 1.54) is 16.7 Å². The van der Waals surface area contributed by atoms with Crippen LogP contribution in [0, 0.1) is 6.92 Å². The van der Waals surface area contributed by atoms with Crippen molar-refractivity contribution < 1.29 is 9.32 Å². The second-order valence-corrected chi connectivity index (χ2v) is 5.28. The zero-order valence-electron chi connectivity index (χ0n) is 12.9. The molecule has 0 saturated heterocycles. The van der Waals surface area contributed by atoms with Crippen LogP contribution in [0.1, 0.15) is 21.8 Å². The van der Waals surface area contributed by atoms with E-state index in [1.54, 1.807) is 25.4 Å². The Morgan fingerprint density at radius 3 is 2.70 bits per heavy atom. The number of amides is 1. The monoisotopic (exact) mass is 308 g/mol. The van der Waals surface area contributed by atoms with E-state index >= 15 is 0 Å². The van der Waals surface area contributed by atoms with Gasteiger partial charge in [0, 0.05) is 25.0 Å². The van der Waals surface area contributed by atoms with Gasteiger partial charge in [-0.1, -0.05) is 35.0 Å². The van der Waals surface area contributed by atoms with Gasteiger partial charge in [-0.05, 0) is 19.1 Å². The average Bonchev–Trinajstić information content (AvgIpc) is 3.04. The van der Waals surface area contributed by atoms with Crippen molar-refractivity contribution in [1.29, 1.82) is 0 Å². The van der Waals surface area contributed by atoms with Crippen LogP contribution in [-0.4, -0.2) is 33.0 Å². The Bertz CT molecular complexity index is 797. The molecule has 0 unspecified atom stereocenters. The summed E-state index contributed by atoms with van der Waals surface area (Å²) in [5.41, 5.74) is 2.57. The summed E-state index contributed by atoms with van der Waals surface area (Å²) in [5.74, 6) is 0.760. The molecule has 0 N–H and O–H groups in total. The van der Waals surface area contributed by atoms with Gasteiger partial charge in [0.15, 0.2) is 0 Å². The third-order valence-electron chi connectivity index (χ3n) is 3.41. The highest BCUT2D eigenvalue weighted by atomic mass is 16.5. The molecule has 3 aromatic rings. The molecule has 2 aromatic heterocycles. The summed E-state index contributed by atoms with van der Waals surface area (Å²) in [7, 11) is 1.69. The van der Waals surface area contributed by atoms with Crippen molar-refractivity contribution in [2.45, 2.75) is 13.5 Å². The van der Waals surface area contributed by atoms with Crippen LogP contribution < -0.4 is 0 Å². The van der Waals surface area contributed by atoms with Gasteiger partial charge in [0.05, 0.1) is 12.1 Å². The standard InChI is InChI=1S/C17H16N4O2/c1-12-5-7-13(8-6-12)16-19-15(23-20-16)11-21(2)17(22)14-4-3-9-18-10-14/h3-10H,11H2,1-2H3. The highest BCUT2D eigenvalue weighted by molar-refractivity contribution is 5.93. The van der Waals surface area contributed by atoms with Crippen molar-refractivity contribution in [3.05, 3.63) is 65.8 Å². The van der Waals surface area contributed by atoms with Crippen molar-refractivity contribution in [3.8, 4) is 11.4 Å². The fourth-order valence-electron chi connectivity index (χ4n) is 2.12. The molecule has 23 heavy (non-hydrogen) atoms. The quantitative estimate of drug-likeness (QED) is 0.741. The van der Waals surface area contributed by atoms with Crippen LogP contribution in [0.2, 0.25) is 0 Å². The summed E-state index contributed by atoms with van der Waals surface area (Å²) in [6.07, 6.45) is 3.16. The first-order valence-electron chi connectivity index (χ1n) is 7.18. The molecule has 0 bridgehead atoms. The third-order valence-corrected chi connectivity index (χ3v) is 3.41. The summed E-state index contributed by atoms with van der Waals surface area (Å²) in [4.78, 5) is 22.1. The molecule has 0 spiro atoms. The number of aromatic nitrogens is 3. The number of aryl methyl sites for hydroxylation is 1. The first kappa shape index (κ1) is 14.9. The molecule has 1 aromatic carbocycles. The summed E-state index contributed by atoms with van der Waals surface area (Å²) in [6.45, 7) is 2.26. The van der Waals surface area contributed by atoms with E-state index in [-0.39, 0.29) is 12.5 Å². The van der Waals surface area contributed by atoms with E-state index in [2.05, 4.69) is 15.1 Å². The number of hydrogen-bond donors (Lipinski definition) is 0. The molecular weight excluding hydrogens is 292 g/mol. The first-order valence-corrected chi connectivity index (χ1v) is 7.18. The maximum Gasteiger partial charge on any atom is 0.255 e. The summed E-state index contributed by atoms with van der Waals surface area (Å²) in [5, 5.41) is 3.96. The van der Waals surface area contributed by atoms with Crippen LogP contribution in [0.25, 0.3) is 11.4 Å². The molecule has 0 aliphatic heterocycles. The van der Waals surface area contributed by atoms with Gasteiger partial charge in [0.1, 0.15) is 0 Å². The minimum absolute atomic E-state index is 0.145. The molecule has 0 radical (unpaired) electrons. The van der Waals surface area contributed by atoms with Gasteiger partial charge < -0.3 is 9.42 Å². The maximum absolute atomic E-state index is 12.3. The lowest BCUT2D eigenvalue weighted by Crippen LogP contribution is -2.26. The maximum atomic E-state index is 12.3. The second kappa shape index (κ2) is 6.39. The topological polar surface area (TPSA) is 72.1 Å². The van der Waals surface area contributed by atoms with Gasteiger partial charge in [0.25, 0.3) is 5.91 Å². The Balaban J connectivity index is 1.71. The normalized spacial score (nSPS) is 10.5. The largest absolute Gasteiger partial charge is 0.337 e. The fraction of sp³-hybridized carbons (Fsp3) is 0.176. The smallest absolute Gasteiger partial charge is 0.255 e. The molecule has 0 aliphatic carbocycles. The Morgan fingerprint density at radius 1 is 1.22 bits per heavy atom. The highest BCUT2D eigenvalue weighted by Gasteiger charge is 2.16. The third kappa shape index (κ3) is 3.42. The lowest BCUT2D eigenvalue weighted by atomic mass is 10.1. The molecule has 1 amide bonds. The first-order chi connectivity index (χ1) is 11.1. The van der Waals surface area contributed by atoms with Crippen LogP contribution in [0.5, 0.6) is 0 Å². The predicted octanol–water partition coefficient (Wildman–Crippen LogP) is 2.71. The van der Waals surface area contributed by atoms with Crippen LogP contribution in [0.3, 0.4) is 0 Å². The van der Waals surface area contributed by atoms with Crippen molar-refractivity contribution in [2.75, 3.05) is 7.05 Å². The van der Waals surface area contributed by atoms with E-state index in [1.807, 2.05) is 31.2 Å². The predicted molar refractivity (Wildman–Crippen MR) is 84.5 cm³/mol. The van der Waals surface area contributed by atoms with Crippen molar-refractivity contribution >= 4 is 5.91 Å². The number of pyridine rings is 1. The zero-order valence-corrected chi connectivity index (χ0v) is 12.9. The van der Waals surface area contributed by atoms with Crippen LogP contribution in [0.15, 0.2) is 53.3 Å². The Labute approximate surface area is 133 Å². The van der Waals surface area contributed by atoms with E-state index in [9.17, 15) is 4.79 Å². The number of benzene rings is 1. The van der Waals surface area contributed by atoms with Crippen LogP contribution in [-0.2, 0) is 6.54 Å². The lowest BCUT2D eigenvalue weighted by molar-refractivity contribution is 0.0769. The van der Waals surface area contributed by atoms with Gasteiger partial charge in [0.2, 0.25) is 11.7 Å². The van der Waals surface area contributed by atoms with Crippen LogP contribution >= 0.6 is 0 Å². The number of carbonyl (C=O) groups is 1. The van der Waals surface area contributed by atoms with Gasteiger partial charge in [-0.25, -0.2) is 0 Å². The molecule has 0 atom stereocenters. The van der Waals surface area contributed by atoms with Gasteiger partial charge in [-0.3, -0.25) is 9.78 Å². The Hall–Kier alpha value is -3.02. The number of nitrogens with zero attached hydrogens (tertiary/aromatic N) is 4. The van der Waals surface area contributed by atoms with Crippen molar-refractivity contribution in [2.24, 2.45) is 0 Å². The SMILES string of the molecule is Cc1ccc(-c2noc(CN(C)C(=O)c3cccnc3)n2)cc1. The van der Waals surface area contributed by atoms with E-state index < -0.39 is 0 Å². The van der Waals surface area contributed by atoms with Gasteiger partial charge in [-0.15, -0.1) is 0 Å². The molecule has 2 heterocycles. The molecule has 0 aliphatic rings. The average molecular weight is 308 g/mol. The fourth-order valence-corrected chi connectivity index (χ4v) is 2.12. The molecular formula is C17H16N4O2. The number of rotatable bonds is 4. The zero-order chi connectivity index (χ0) is 16.2. The van der Waals surface area contributed by atoms with Gasteiger partial charge in [-0.2, -0.15) is 4.98 Å². The van der Waals surface area contributed by atoms with Gasteiger partial charge >= 0.3 is 0 Å². The van der Waals surface area contributed by atoms with Crippen molar-refractivity contribution in [1.82, 2.24) is 20.0 Å². The highest BCUT2D eigenvalue weighted by Crippen LogP contribution is 2.17. The number of hydrogen-bond acceptors (Lipinski definition) is 5. The minimum Gasteiger partial charge on any atom is -0.337 e. The molecule has 6 heteroatoms. The summed E-state index contributed by atoms with van der Waals surface area (Å²) >= 11 is 0. The molecule has 3 rings (SSSR count). The second-order valence-electron chi connectivity index (χ2n) is 5.28. The van der Waals surface area contributed by atoms with Crippen molar-refractivity contribution in [3.63, 3.8) is 0 Å². The summed E-state index contributed by atoms with van der Waals surface area (Å²) in [6, 6.07) is 11.3. The Morgan fingerprint density at radius 2 is 2.00 bits per heavy atom. The lowest BCUT2D eigenvalue weighted by Gasteiger charge is -2.14. The van der Waals surface area contributed by atoms with E-state index in [4.69, 9.17) is 4.52 Å². The van der Waals surface area contributed by atoms with Crippen LogP contribution in [0.4, 0.5) is 0 Å². The minimum atomic E-state index is -0.145.